The third-order valence-electron chi connectivity index (χ3n) is 1.80. The molecule has 15 heavy (non-hydrogen) atoms. The fourth-order valence-electron chi connectivity index (χ4n) is 1.11. The number of nitrogens with two attached hydrogens (primary N) is 1. The average molecular weight is 211 g/mol. The van der Waals surface area contributed by atoms with Gasteiger partial charge in [0.05, 0.1) is 19.3 Å². The van der Waals surface area contributed by atoms with E-state index in [-0.39, 0.29) is 0 Å². The quantitative estimate of drug-likeness (QED) is 0.597. The summed E-state index contributed by atoms with van der Waals surface area (Å²) >= 11 is 0. The molecule has 0 spiro atoms. The number of ether oxygens (including phenoxy) is 2. The highest BCUT2D eigenvalue weighted by Gasteiger charge is 2.11. The third kappa shape index (κ3) is 2.60. The van der Waals surface area contributed by atoms with Crippen molar-refractivity contribution in [3.05, 3.63) is 23.8 Å². The maximum atomic E-state index is 11.4. The van der Waals surface area contributed by atoms with E-state index in [1.807, 2.05) is 0 Å². The van der Waals surface area contributed by atoms with Crippen LogP contribution >= 0.6 is 0 Å². The molecule has 1 aromatic rings. The normalized spacial score (nSPS) is 9.53. The summed E-state index contributed by atoms with van der Waals surface area (Å²) < 4.78 is 9.80. The zero-order chi connectivity index (χ0) is 11.3. The Bertz CT molecular complexity index is 351. The molecular formula is C10H13NO4. The second kappa shape index (κ2) is 5.21. The molecule has 1 aromatic carbocycles. The van der Waals surface area contributed by atoms with Crippen LogP contribution in [0, 0.1) is 0 Å². The molecule has 0 saturated heterocycles. The summed E-state index contributed by atoms with van der Waals surface area (Å²) in [6.45, 7) is 2.06. The van der Waals surface area contributed by atoms with Crippen LogP contribution in [-0.4, -0.2) is 19.7 Å². The van der Waals surface area contributed by atoms with Crippen molar-refractivity contribution in [1.29, 1.82) is 0 Å². The molecule has 0 aliphatic rings. The van der Waals surface area contributed by atoms with Gasteiger partial charge in [0.1, 0.15) is 0 Å². The molecule has 0 aliphatic carbocycles. The number of carbonyl (C=O) groups excluding carboxylic acids is 1. The minimum Gasteiger partial charge on any atom is -0.493 e. The zero-order valence-electron chi connectivity index (χ0n) is 8.65. The van der Waals surface area contributed by atoms with E-state index in [9.17, 15) is 4.79 Å². The largest absolute Gasteiger partial charge is 0.493 e. The Labute approximate surface area is 87.7 Å². The minimum absolute atomic E-state index is 0.294. The molecule has 0 aromatic heterocycles. The smallest absolute Gasteiger partial charge is 0.338 e. The van der Waals surface area contributed by atoms with Crippen molar-refractivity contribution in [1.82, 2.24) is 0 Å². The van der Waals surface area contributed by atoms with Gasteiger partial charge in [-0.25, -0.2) is 4.79 Å². The molecule has 0 amide bonds. The Morgan fingerprint density at radius 1 is 1.40 bits per heavy atom. The molecule has 0 unspecified atom stereocenters. The predicted octanol–water partition coefficient (Wildman–Crippen LogP) is 1.12. The van der Waals surface area contributed by atoms with Gasteiger partial charge in [-0.05, 0) is 19.1 Å². The Balaban J connectivity index is 2.97. The lowest BCUT2D eigenvalue weighted by atomic mass is 10.2. The van der Waals surface area contributed by atoms with Crippen molar-refractivity contribution in [2.24, 2.45) is 5.90 Å². The van der Waals surface area contributed by atoms with Gasteiger partial charge in [0.25, 0.3) is 0 Å². The van der Waals surface area contributed by atoms with Crippen molar-refractivity contribution in [2.45, 2.75) is 6.92 Å². The molecule has 0 fully saturated rings. The van der Waals surface area contributed by atoms with E-state index in [0.717, 1.165) is 0 Å². The van der Waals surface area contributed by atoms with Crippen LogP contribution in [0.4, 0.5) is 0 Å². The Kier molecular flexibility index (Phi) is 3.93. The molecule has 5 nitrogen and oxygen atoms in total. The third-order valence-corrected chi connectivity index (χ3v) is 1.80. The summed E-state index contributed by atoms with van der Waals surface area (Å²) in [7, 11) is 1.49. The summed E-state index contributed by atoms with van der Waals surface area (Å²) in [6.07, 6.45) is 0. The average Bonchev–Trinajstić information content (AvgIpc) is 2.28. The van der Waals surface area contributed by atoms with Gasteiger partial charge in [-0.1, -0.05) is 0 Å². The van der Waals surface area contributed by atoms with Crippen LogP contribution in [-0.2, 0) is 4.74 Å². The first-order valence-corrected chi connectivity index (χ1v) is 4.44. The van der Waals surface area contributed by atoms with Gasteiger partial charge in [0.2, 0.25) is 0 Å². The fourth-order valence-corrected chi connectivity index (χ4v) is 1.11. The number of carbonyl (C=O) groups is 1. The van der Waals surface area contributed by atoms with Crippen LogP contribution in [0.5, 0.6) is 11.5 Å². The summed E-state index contributed by atoms with van der Waals surface area (Å²) in [5.74, 6) is 5.38. The Morgan fingerprint density at radius 3 is 2.67 bits per heavy atom. The van der Waals surface area contributed by atoms with E-state index in [1.54, 1.807) is 19.1 Å². The zero-order valence-corrected chi connectivity index (χ0v) is 8.65. The topological polar surface area (TPSA) is 70.8 Å². The van der Waals surface area contributed by atoms with Gasteiger partial charge in [-0.2, -0.15) is 5.90 Å². The molecule has 1 rings (SSSR count). The highest BCUT2D eigenvalue weighted by molar-refractivity contribution is 5.90. The summed E-state index contributed by atoms with van der Waals surface area (Å²) in [5.41, 5.74) is 0.373. The van der Waals surface area contributed by atoms with Gasteiger partial charge in [0.15, 0.2) is 11.5 Å². The fraction of sp³-hybridized carbons (Fsp3) is 0.300. The number of hydrogen-bond donors (Lipinski definition) is 1. The van der Waals surface area contributed by atoms with Crippen LogP contribution in [0.2, 0.25) is 0 Å². The maximum absolute atomic E-state index is 11.4. The molecule has 0 heterocycles. The van der Waals surface area contributed by atoms with E-state index in [1.165, 1.54) is 13.2 Å². The van der Waals surface area contributed by atoms with Gasteiger partial charge in [0, 0.05) is 6.07 Å². The molecule has 0 aliphatic heterocycles. The first-order chi connectivity index (χ1) is 7.22. The van der Waals surface area contributed by atoms with E-state index in [4.69, 9.17) is 15.4 Å². The van der Waals surface area contributed by atoms with Crippen LogP contribution in [0.3, 0.4) is 0 Å². The first kappa shape index (κ1) is 11.3. The minimum atomic E-state index is -0.418. The van der Waals surface area contributed by atoms with Crippen LogP contribution in [0.1, 0.15) is 17.3 Å². The molecule has 0 bridgehead atoms. The van der Waals surface area contributed by atoms with Gasteiger partial charge in [-0.3, -0.25) is 0 Å². The summed E-state index contributed by atoms with van der Waals surface area (Å²) in [6, 6.07) is 4.64. The van der Waals surface area contributed by atoms with Crippen LogP contribution in [0.15, 0.2) is 18.2 Å². The SMILES string of the molecule is CCOC(=O)c1ccc(OC)c(ON)c1. The number of benzene rings is 1. The van der Waals surface area contributed by atoms with Crippen molar-refractivity contribution in [2.75, 3.05) is 13.7 Å². The predicted molar refractivity (Wildman–Crippen MR) is 53.8 cm³/mol. The van der Waals surface area contributed by atoms with Crippen LogP contribution < -0.4 is 15.5 Å². The molecule has 2 N–H and O–H groups in total. The maximum Gasteiger partial charge on any atom is 0.338 e. The van der Waals surface area contributed by atoms with Crippen molar-refractivity contribution < 1.29 is 19.1 Å². The number of hydrogen-bond acceptors (Lipinski definition) is 5. The first-order valence-electron chi connectivity index (χ1n) is 4.44. The summed E-state index contributed by atoms with van der Waals surface area (Å²) in [4.78, 5) is 15.9. The Morgan fingerprint density at radius 2 is 2.13 bits per heavy atom. The lowest BCUT2D eigenvalue weighted by Crippen LogP contribution is -2.08. The van der Waals surface area contributed by atoms with E-state index in [0.29, 0.717) is 23.7 Å². The number of rotatable bonds is 4. The van der Waals surface area contributed by atoms with E-state index >= 15 is 0 Å². The highest BCUT2D eigenvalue weighted by Crippen LogP contribution is 2.27. The molecule has 0 saturated carbocycles. The number of esters is 1. The number of methoxy groups -OCH3 is 1. The van der Waals surface area contributed by atoms with Gasteiger partial charge in [-0.15, -0.1) is 0 Å². The molecular weight excluding hydrogens is 198 g/mol. The van der Waals surface area contributed by atoms with Crippen LogP contribution in [0.25, 0.3) is 0 Å². The van der Waals surface area contributed by atoms with Crippen molar-refractivity contribution in [3.8, 4) is 11.5 Å². The van der Waals surface area contributed by atoms with Crippen molar-refractivity contribution in [3.63, 3.8) is 0 Å². The van der Waals surface area contributed by atoms with Gasteiger partial charge < -0.3 is 14.3 Å². The molecule has 82 valence electrons. The lowest BCUT2D eigenvalue weighted by Gasteiger charge is -2.08. The molecule has 5 heteroatoms. The monoisotopic (exact) mass is 211 g/mol. The highest BCUT2D eigenvalue weighted by atomic mass is 16.6. The standard InChI is InChI=1S/C10H13NO4/c1-3-14-10(12)7-4-5-8(13-2)9(6-7)15-11/h4-6H,3,11H2,1-2H3. The molecule has 0 atom stereocenters. The lowest BCUT2D eigenvalue weighted by molar-refractivity contribution is 0.0526. The molecule has 0 radical (unpaired) electrons. The van der Waals surface area contributed by atoms with Crippen molar-refractivity contribution >= 4 is 5.97 Å². The second-order valence-corrected chi connectivity index (χ2v) is 2.70. The van der Waals surface area contributed by atoms with Gasteiger partial charge >= 0.3 is 5.97 Å². The van der Waals surface area contributed by atoms with E-state index in [2.05, 4.69) is 4.84 Å². The van der Waals surface area contributed by atoms with E-state index < -0.39 is 5.97 Å². The summed E-state index contributed by atoms with van der Waals surface area (Å²) in [5, 5.41) is 0. The second-order valence-electron chi connectivity index (χ2n) is 2.70. The Hall–Kier alpha value is -1.75.